The zero-order valence-corrected chi connectivity index (χ0v) is 7.37. The third kappa shape index (κ3) is 2.74. The van der Waals surface area contributed by atoms with Crippen molar-refractivity contribution in [2.24, 2.45) is 5.16 Å². The maximum atomic E-state index is 4.92. The van der Waals surface area contributed by atoms with Gasteiger partial charge in [-0.2, -0.15) is 0 Å². The van der Waals surface area contributed by atoms with Crippen molar-refractivity contribution in [3.8, 4) is 0 Å². The van der Waals surface area contributed by atoms with Gasteiger partial charge in [0.2, 0.25) is 0 Å². The molecule has 0 aliphatic carbocycles. The molecule has 0 unspecified atom stereocenters. The summed E-state index contributed by atoms with van der Waals surface area (Å²) in [6.07, 6.45) is 2.55. The van der Waals surface area contributed by atoms with Gasteiger partial charge in [0.05, 0.1) is 0 Å². The minimum Gasteiger partial charge on any atom is -0.391 e. The fraction of sp³-hybridized carbons (Fsp3) is 0.300. The second-order valence-corrected chi connectivity index (χ2v) is 2.57. The van der Waals surface area contributed by atoms with Crippen molar-refractivity contribution >= 4 is 6.21 Å². The Hall–Kier alpha value is -1.31. The Morgan fingerprint density at radius 1 is 1.33 bits per heavy atom. The number of aryl methyl sites for hydroxylation is 1. The lowest BCUT2D eigenvalue weighted by Gasteiger charge is -1.99. The van der Waals surface area contributed by atoms with Crippen LogP contribution in [0.1, 0.15) is 18.1 Å². The van der Waals surface area contributed by atoms with Gasteiger partial charge < -0.3 is 4.84 Å². The first-order valence-corrected chi connectivity index (χ1v) is 3.87. The summed E-state index contributed by atoms with van der Waals surface area (Å²) in [7, 11) is 0. The molecule has 0 saturated heterocycles. The van der Waals surface area contributed by atoms with E-state index in [1.165, 1.54) is 5.56 Å². The lowest BCUT2D eigenvalue weighted by molar-refractivity contribution is 0.132. The molecule has 0 bridgehead atoms. The number of benzene rings is 1. The van der Waals surface area contributed by atoms with Gasteiger partial charge in [-0.1, -0.05) is 35.0 Å². The molecule has 1 aromatic carbocycles. The Balaban J connectivity index is 2.47. The Morgan fingerprint density at radius 3 is 2.58 bits per heavy atom. The van der Waals surface area contributed by atoms with Crippen molar-refractivity contribution in [1.82, 2.24) is 0 Å². The van der Waals surface area contributed by atoms with Gasteiger partial charge in [0, 0.05) is 0 Å². The summed E-state index contributed by atoms with van der Waals surface area (Å²) in [5.41, 5.74) is 2.38. The van der Waals surface area contributed by atoms with Gasteiger partial charge in [0.1, 0.15) is 12.8 Å². The third-order valence-corrected chi connectivity index (χ3v) is 1.51. The lowest BCUT2D eigenvalue weighted by Crippen LogP contribution is -1.86. The first kappa shape index (κ1) is 8.78. The Morgan fingerprint density at radius 2 is 2.00 bits per heavy atom. The molecule has 12 heavy (non-hydrogen) atoms. The largest absolute Gasteiger partial charge is 0.391 e. The van der Waals surface area contributed by atoms with E-state index in [-0.39, 0.29) is 0 Å². The van der Waals surface area contributed by atoms with Crippen LogP contribution in [0, 0.1) is 6.92 Å². The summed E-state index contributed by atoms with van der Waals surface area (Å²) in [6.45, 7) is 4.28. The van der Waals surface area contributed by atoms with E-state index in [0.717, 1.165) is 5.56 Å². The van der Waals surface area contributed by atoms with Crippen molar-refractivity contribution in [2.45, 2.75) is 20.5 Å². The van der Waals surface area contributed by atoms with E-state index >= 15 is 0 Å². The zero-order chi connectivity index (χ0) is 8.81. The van der Waals surface area contributed by atoms with Gasteiger partial charge in [0.25, 0.3) is 0 Å². The van der Waals surface area contributed by atoms with Crippen LogP contribution in [0.2, 0.25) is 0 Å². The van der Waals surface area contributed by atoms with Crippen molar-refractivity contribution in [3.05, 3.63) is 35.4 Å². The summed E-state index contributed by atoms with van der Waals surface area (Å²) in [6, 6.07) is 8.16. The average molecular weight is 162 g/mol. The molecule has 1 radical (unpaired) electrons. The van der Waals surface area contributed by atoms with Crippen LogP contribution in [0.3, 0.4) is 0 Å². The molecule has 0 aliphatic rings. The Bertz CT molecular complexity index is 251. The molecule has 0 aliphatic heterocycles. The first-order chi connectivity index (χ1) is 5.83. The molecule has 0 aromatic heterocycles. The van der Waals surface area contributed by atoms with Crippen LogP contribution in [-0.2, 0) is 11.4 Å². The van der Waals surface area contributed by atoms with Gasteiger partial charge in [-0.05, 0) is 19.4 Å². The van der Waals surface area contributed by atoms with Crippen molar-refractivity contribution in [1.29, 1.82) is 0 Å². The van der Waals surface area contributed by atoms with Crippen LogP contribution in [0.4, 0.5) is 0 Å². The molecular weight excluding hydrogens is 150 g/mol. The summed E-state index contributed by atoms with van der Waals surface area (Å²) in [5.74, 6) is 0. The minimum absolute atomic E-state index is 0.515. The van der Waals surface area contributed by atoms with E-state index in [1.54, 1.807) is 6.92 Å². The highest BCUT2D eigenvalue weighted by Gasteiger charge is 1.90. The summed E-state index contributed by atoms with van der Waals surface area (Å²) in [4.78, 5) is 4.92. The quantitative estimate of drug-likeness (QED) is 0.494. The highest BCUT2D eigenvalue weighted by Crippen LogP contribution is 2.04. The molecule has 0 N–H and O–H groups in total. The molecule has 1 aromatic rings. The molecule has 0 atom stereocenters. The van der Waals surface area contributed by atoms with E-state index < -0.39 is 0 Å². The van der Waals surface area contributed by atoms with Crippen LogP contribution in [0.25, 0.3) is 0 Å². The smallest absolute Gasteiger partial charge is 0.142 e. The SMILES string of the molecule is C/[C]=N\OCc1ccc(C)cc1. The second-order valence-electron chi connectivity index (χ2n) is 2.57. The summed E-state index contributed by atoms with van der Waals surface area (Å²) < 4.78 is 0. The van der Waals surface area contributed by atoms with Gasteiger partial charge >= 0.3 is 0 Å². The summed E-state index contributed by atoms with van der Waals surface area (Å²) in [5, 5.41) is 3.54. The Labute approximate surface area is 72.9 Å². The van der Waals surface area contributed by atoms with Gasteiger partial charge in [-0.3, -0.25) is 0 Å². The number of nitrogens with zero attached hydrogens (tertiary/aromatic N) is 1. The first-order valence-electron chi connectivity index (χ1n) is 3.87. The third-order valence-electron chi connectivity index (χ3n) is 1.51. The normalized spacial score (nSPS) is 10.5. The van der Waals surface area contributed by atoms with Crippen LogP contribution in [0.15, 0.2) is 29.4 Å². The van der Waals surface area contributed by atoms with Gasteiger partial charge in [-0.25, -0.2) is 0 Å². The number of hydrogen-bond donors (Lipinski definition) is 0. The predicted octanol–water partition coefficient (Wildman–Crippen LogP) is 2.39. The molecule has 2 nitrogen and oxygen atoms in total. The maximum Gasteiger partial charge on any atom is 0.142 e. The monoisotopic (exact) mass is 162 g/mol. The van der Waals surface area contributed by atoms with Crippen LogP contribution >= 0.6 is 0 Å². The van der Waals surface area contributed by atoms with E-state index in [1.807, 2.05) is 12.1 Å². The molecule has 0 spiro atoms. The average Bonchev–Trinajstić information content (AvgIpc) is 2.09. The fourth-order valence-electron chi connectivity index (χ4n) is 0.856. The number of hydrogen-bond acceptors (Lipinski definition) is 2. The van der Waals surface area contributed by atoms with E-state index in [0.29, 0.717) is 6.61 Å². The molecule has 63 valence electrons. The molecular formula is C10H12NO. The summed E-state index contributed by atoms with van der Waals surface area (Å²) >= 11 is 0. The topological polar surface area (TPSA) is 21.6 Å². The molecule has 0 saturated carbocycles. The van der Waals surface area contributed by atoms with Crippen LogP contribution < -0.4 is 0 Å². The van der Waals surface area contributed by atoms with E-state index in [9.17, 15) is 0 Å². The van der Waals surface area contributed by atoms with Crippen LogP contribution in [-0.4, -0.2) is 6.21 Å². The number of rotatable bonds is 3. The van der Waals surface area contributed by atoms with E-state index in [4.69, 9.17) is 4.84 Å². The van der Waals surface area contributed by atoms with E-state index in [2.05, 4.69) is 30.4 Å². The molecule has 1 rings (SSSR count). The fourth-order valence-corrected chi connectivity index (χ4v) is 0.856. The minimum atomic E-state index is 0.515. The second kappa shape index (κ2) is 4.54. The Kier molecular flexibility index (Phi) is 3.33. The zero-order valence-electron chi connectivity index (χ0n) is 7.37. The molecule has 0 heterocycles. The highest BCUT2D eigenvalue weighted by atomic mass is 16.6. The van der Waals surface area contributed by atoms with Gasteiger partial charge in [0.15, 0.2) is 0 Å². The maximum absolute atomic E-state index is 4.92. The van der Waals surface area contributed by atoms with Gasteiger partial charge in [-0.15, -0.1) is 0 Å². The molecule has 2 heteroatoms. The van der Waals surface area contributed by atoms with Crippen LogP contribution in [0.5, 0.6) is 0 Å². The van der Waals surface area contributed by atoms with Crippen molar-refractivity contribution in [3.63, 3.8) is 0 Å². The van der Waals surface area contributed by atoms with Crippen molar-refractivity contribution < 1.29 is 4.84 Å². The standard InChI is InChI=1S/C10H12NO/c1-3-11-12-8-10-6-4-9(2)5-7-10/h4-7H,8H2,1-2H3. The predicted molar refractivity (Wildman–Crippen MR) is 49.1 cm³/mol. The van der Waals surface area contributed by atoms with Crippen molar-refractivity contribution in [2.75, 3.05) is 0 Å². The highest BCUT2D eigenvalue weighted by molar-refractivity contribution is 5.52. The lowest BCUT2D eigenvalue weighted by atomic mass is 10.2. The molecule has 0 fully saturated rings. The molecule has 0 amide bonds.